The van der Waals surface area contributed by atoms with Gasteiger partial charge in [-0.05, 0) is 51.0 Å². The minimum absolute atomic E-state index is 0.0307. The first-order valence-electron chi connectivity index (χ1n) is 12.0. The van der Waals surface area contributed by atoms with E-state index < -0.39 is 6.10 Å². The van der Waals surface area contributed by atoms with Gasteiger partial charge in [0.2, 0.25) is 5.91 Å². The number of allylic oxidation sites excluding steroid dienone is 4. The van der Waals surface area contributed by atoms with Crippen LogP contribution in [0, 0.1) is 0 Å². The summed E-state index contributed by atoms with van der Waals surface area (Å²) in [7, 11) is 0. The van der Waals surface area contributed by atoms with Crippen molar-refractivity contribution in [2.45, 2.75) is 103 Å². The van der Waals surface area contributed by atoms with Crippen molar-refractivity contribution in [1.29, 1.82) is 0 Å². The van der Waals surface area contributed by atoms with Crippen molar-refractivity contribution in [2.75, 3.05) is 0 Å². The van der Waals surface area contributed by atoms with E-state index in [0.29, 0.717) is 6.42 Å². The van der Waals surface area contributed by atoms with E-state index in [1.165, 1.54) is 44.9 Å². The predicted molar refractivity (Wildman–Crippen MR) is 128 cm³/mol. The first kappa shape index (κ1) is 26.2. The Balaban J connectivity index is 1.97. The number of hydrogen-bond donors (Lipinski definition) is 2. The van der Waals surface area contributed by atoms with Crippen LogP contribution in [-0.2, 0) is 4.79 Å². The Morgan fingerprint density at radius 1 is 0.900 bits per heavy atom. The minimum Gasteiger partial charge on any atom is -0.386 e. The number of hydrogen-bond acceptors (Lipinski definition) is 2. The van der Waals surface area contributed by atoms with Gasteiger partial charge in [0.1, 0.15) is 0 Å². The average Bonchev–Trinajstić information content (AvgIpc) is 2.76. The van der Waals surface area contributed by atoms with Crippen molar-refractivity contribution in [3.63, 3.8) is 0 Å². The molecule has 168 valence electrons. The van der Waals surface area contributed by atoms with Gasteiger partial charge in [0.05, 0.1) is 12.1 Å². The third-order valence-corrected chi connectivity index (χ3v) is 5.36. The second-order valence-electron chi connectivity index (χ2n) is 8.19. The number of carbonyl (C=O) groups excluding carboxylic acids is 1. The lowest BCUT2D eigenvalue weighted by Gasteiger charge is -2.20. The Morgan fingerprint density at radius 3 is 2.17 bits per heavy atom. The topological polar surface area (TPSA) is 49.3 Å². The second kappa shape index (κ2) is 17.9. The molecule has 1 aromatic rings. The van der Waals surface area contributed by atoms with Gasteiger partial charge in [-0.1, -0.05) is 93.7 Å². The highest BCUT2D eigenvalue weighted by Crippen LogP contribution is 2.16. The van der Waals surface area contributed by atoms with Crippen LogP contribution in [0.15, 0.2) is 54.6 Å². The highest BCUT2D eigenvalue weighted by molar-refractivity contribution is 5.76. The fraction of sp³-hybridized carbons (Fsp3) is 0.593. The number of amides is 1. The smallest absolute Gasteiger partial charge is 0.220 e. The number of unbranched alkanes of at least 4 members (excludes halogenated alkanes) is 8. The number of aliphatic hydroxyl groups excluding tert-OH is 1. The lowest BCUT2D eigenvalue weighted by atomic mass is 10.0. The molecule has 0 spiro atoms. The Labute approximate surface area is 184 Å². The molecule has 0 unspecified atom stereocenters. The zero-order valence-electron chi connectivity index (χ0n) is 19.2. The van der Waals surface area contributed by atoms with Gasteiger partial charge < -0.3 is 10.4 Å². The number of aliphatic hydroxyl groups is 1. The van der Waals surface area contributed by atoms with E-state index in [4.69, 9.17) is 0 Å². The van der Waals surface area contributed by atoms with Crippen molar-refractivity contribution >= 4 is 5.91 Å². The molecule has 1 amide bonds. The Kier molecular flexibility index (Phi) is 15.7. The van der Waals surface area contributed by atoms with Gasteiger partial charge in [-0.3, -0.25) is 4.79 Å². The van der Waals surface area contributed by atoms with Gasteiger partial charge >= 0.3 is 0 Å². The van der Waals surface area contributed by atoms with Gasteiger partial charge in [0.25, 0.3) is 0 Å². The maximum atomic E-state index is 12.1. The average molecular weight is 414 g/mol. The van der Waals surface area contributed by atoms with E-state index in [-0.39, 0.29) is 11.9 Å². The first-order chi connectivity index (χ1) is 14.6. The van der Waals surface area contributed by atoms with E-state index in [1.807, 2.05) is 37.3 Å². The van der Waals surface area contributed by atoms with Crippen LogP contribution < -0.4 is 5.32 Å². The molecule has 0 heterocycles. The van der Waals surface area contributed by atoms with Crippen molar-refractivity contribution in [3.8, 4) is 0 Å². The van der Waals surface area contributed by atoms with Gasteiger partial charge in [-0.25, -0.2) is 0 Å². The van der Waals surface area contributed by atoms with E-state index in [9.17, 15) is 9.90 Å². The summed E-state index contributed by atoms with van der Waals surface area (Å²) < 4.78 is 0. The molecule has 1 rings (SSSR count). The lowest BCUT2D eigenvalue weighted by molar-refractivity contribution is -0.122. The zero-order valence-corrected chi connectivity index (χ0v) is 19.2. The van der Waals surface area contributed by atoms with Crippen LogP contribution in [0.5, 0.6) is 0 Å². The number of benzene rings is 1. The summed E-state index contributed by atoms with van der Waals surface area (Å²) in [6.45, 7) is 4.09. The number of nitrogens with one attached hydrogen (secondary N) is 1. The molecule has 2 N–H and O–H groups in total. The summed E-state index contributed by atoms with van der Waals surface area (Å²) in [5.74, 6) is 0.0307. The van der Waals surface area contributed by atoms with Crippen molar-refractivity contribution in [1.82, 2.24) is 5.32 Å². The van der Waals surface area contributed by atoms with Crippen molar-refractivity contribution in [3.05, 3.63) is 60.2 Å². The SMILES string of the molecule is CCCCCC=CCC=CCCCCCCCC(=O)N[C@@H](C)[C@H](O)c1ccccc1. The molecule has 0 bridgehead atoms. The van der Waals surface area contributed by atoms with Crippen LogP contribution in [0.25, 0.3) is 0 Å². The van der Waals surface area contributed by atoms with E-state index in [1.54, 1.807) is 0 Å². The minimum atomic E-state index is -0.667. The van der Waals surface area contributed by atoms with Crippen LogP contribution in [0.4, 0.5) is 0 Å². The highest BCUT2D eigenvalue weighted by Gasteiger charge is 2.17. The molecule has 0 aliphatic carbocycles. The zero-order chi connectivity index (χ0) is 21.9. The van der Waals surface area contributed by atoms with E-state index >= 15 is 0 Å². The third kappa shape index (κ3) is 13.4. The molecule has 3 heteroatoms. The van der Waals surface area contributed by atoms with Crippen LogP contribution >= 0.6 is 0 Å². The largest absolute Gasteiger partial charge is 0.386 e. The second-order valence-corrected chi connectivity index (χ2v) is 8.19. The van der Waals surface area contributed by atoms with Gasteiger partial charge in [0, 0.05) is 6.42 Å². The summed E-state index contributed by atoms with van der Waals surface area (Å²) in [5, 5.41) is 13.2. The molecule has 0 aliphatic heterocycles. The van der Waals surface area contributed by atoms with Crippen molar-refractivity contribution < 1.29 is 9.90 Å². The standard InChI is InChI=1S/C27H43NO2/c1-3-4-5-6-7-8-9-10-11-12-13-14-15-16-20-23-26(29)28-24(2)27(30)25-21-18-17-19-22-25/h7-8,10-11,17-19,21-22,24,27,30H,3-6,9,12-16,20,23H2,1-2H3,(H,28,29)/t24-,27-/m0/s1. The van der Waals surface area contributed by atoms with E-state index in [2.05, 4.69) is 36.5 Å². The lowest BCUT2D eigenvalue weighted by Crippen LogP contribution is -2.36. The molecule has 0 saturated carbocycles. The molecule has 0 aliphatic rings. The van der Waals surface area contributed by atoms with Crippen LogP contribution in [0.2, 0.25) is 0 Å². The monoisotopic (exact) mass is 413 g/mol. The Morgan fingerprint density at radius 2 is 1.50 bits per heavy atom. The van der Waals surface area contributed by atoms with Gasteiger partial charge in [-0.2, -0.15) is 0 Å². The van der Waals surface area contributed by atoms with Crippen LogP contribution in [0.1, 0.15) is 103 Å². The Hall–Kier alpha value is -1.87. The fourth-order valence-electron chi connectivity index (χ4n) is 3.44. The summed E-state index contributed by atoms with van der Waals surface area (Å²) in [6.07, 6.45) is 22.0. The number of rotatable bonds is 17. The molecular formula is C27H43NO2. The maximum absolute atomic E-state index is 12.1. The molecule has 0 saturated heterocycles. The van der Waals surface area contributed by atoms with Crippen LogP contribution in [0.3, 0.4) is 0 Å². The molecule has 2 atom stereocenters. The molecular weight excluding hydrogens is 370 g/mol. The predicted octanol–water partition coefficient (Wildman–Crippen LogP) is 7.04. The Bertz CT molecular complexity index is 594. The highest BCUT2D eigenvalue weighted by atomic mass is 16.3. The van der Waals surface area contributed by atoms with Gasteiger partial charge in [0.15, 0.2) is 0 Å². The first-order valence-corrected chi connectivity index (χ1v) is 12.0. The van der Waals surface area contributed by atoms with E-state index in [0.717, 1.165) is 31.2 Å². The molecule has 0 aromatic heterocycles. The number of carbonyl (C=O) groups is 1. The quantitative estimate of drug-likeness (QED) is 0.212. The normalized spacial score (nSPS) is 13.7. The van der Waals surface area contributed by atoms with Gasteiger partial charge in [-0.15, -0.1) is 0 Å². The van der Waals surface area contributed by atoms with Crippen molar-refractivity contribution in [2.24, 2.45) is 0 Å². The fourth-order valence-corrected chi connectivity index (χ4v) is 3.44. The molecule has 3 nitrogen and oxygen atoms in total. The molecule has 0 radical (unpaired) electrons. The maximum Gasteiger partial charge on any atom is 0.220 e. The van der Waals surface area contributed by atoms with Crippen LogP contribution in [-0.4, -0.2) is 17.1 Å². The summed E-state index contributed by atoms with van der Waals surface area (Å²) in [6, 6.07) is 9.20. The third-order valence-electron chi connectivity index (χ3n) is 5.36. The molecule has 1 aromatic carbocycles. The summed E-state index contributed by atoms with van der Waals surface area (Å²) in [4.78, 5) is 12.1. The summed E-state index contributed by atoms with van der Waals surface area (Å²) >= 11 is 0. The summed E-state index contributed by atoms with van der Waals surface area (Å²) in [5.41, 5.74) is 0.836. The molecule has 30 heavy (non-hydrogen) atoms. The molecule has 0 fully saturated rings.